The van der Waals surface area contributed by atoms with Gasteiger partial charge in [0.05, 0.1) is 16.8 Å². The first-order valence-electron chi connectivity index (χ1n) is 6.69. The first-order chi connectivity index (χ1) is 10.2. The van der Waals surface area contributed by atoms with E-state index in [0.717, 1.165) is 5.56 Å². The standard InChI is InChI=1S/C16H17ClN2O2/c17-13-8-4-5-9-14(13)19-16(21)18-11-10-15(20)12-6-2-1-3-7-12/h1-9,15,20H,10-11H2,(H2,18,19,21). The van der Waals surface area contributed by atoms with E-state index in [9.17, 15) is 9.90 Å². The molecule has 1 atom stereocenters. The molecule has 2 rings (SSSR count). The third-order valence-corrected chi connectivity index (χ3v) is 3.34. The number of rotatable bonds is 5. The van der Waals surface area contributed by atoms with Crippen LogP contribution >= 0.6 is 11.6 Å². The van der Waals surface area contributed by atoms with Crippen LogP contribution in [0, 0.1) is 0 Å². The van der Waals surface area contributed by atoms with Crippen molar-refractivity contribution >= 4 is 23.3 Å². The average Bonchev–Trinajstić information content (AvgIpc) is 2.50. The summed E-state index contributed by atoms with van der Waals surface area (Å²) in [5.74, 6) is 0. The monoisotopic (exact) mass is 304 g/mol. The highest BCUT2D eigenvalue weighted by Crippen LogP contribution is 2.20. The van der Waals surface area contributed by atoms with Crippen LogP contribution in [0.25, 0.3) is 0 Å². The van der Waals surface area contributed by atoms with Gasteiger partial charge in [0, 0.05) is 6.54 Å². The van der Waals surface area contributed by atoms with Gasteiger partial charge in [-0.15, -0.1) is 0 Å². The van der Waals surface area contributed by atoms with Gasteiger partial charge in [0.1, 0.15) is 0 Å². The van der Waals surface area contributed by atoms with Crippen molar-refractivity contribution in [3.05, 3.63) is 65.2 Å². The quantitative estimate of drug-likeness (QED) is 0.790. The number of aliphatic hydroxyl groups excluding tert-OH is 1. The number of halogens is 1. The molecule has 110 valence electrons. The molecule has 0 aliphatic rings. The molecule has 2 aromatic rings. The highest BCUT2D eigenvalue weighted by Gasteiger charge is 2.08. The third kappa shape index (κ3) is 4.77. The predicted octanol–water partition coefficient (Wildman–Crippen LogP) is 3.59. The highest BCUT2D eigenvalue weighted by molar-refractivity contribution is 6.33. The molecular weight excluding hydrogens is 288 g/mol. The summed E-state index contributed by atoms with van der Waals surface area (Å²) in [6.45, 7) is 0.367. The Morgan fingerprint density at radius 3 is 2.48 bits per heavy atom. The van der Waals surface area contributed by atoms with Gasteiger partial charge in [0.15, 0.2) is 0 Å². The van der Waals surface area contributed by atoms with E-state index in [0.29, 0.717) is 23.7 Å². The van der Waals surface area contributed by atoms with Crippen LogP contribution < -0.4 is 10.6 Å². The molecule has 0 fully saturated rings. The molecule has 3 N–H and O–H groups in total. The minimum absolute atomic E-state index is 0.344. The van der Waals surface area contributed by atoms with Gasteiger partial charge < -0.3 is 15.7 Å². The Kier molecular flexibility index (Phi) is 5.60. The van der Waals surface area contributed by atoms with Crippen LogP contribution in [0.3, 0.4) is 0 Å². The van der Waals surface area contributed by atoms with Gasteiger partial charge >= 0.3 is 6.03 Å². The van der Waals surface area contributed by atoms with Crippen LogP contribution in [0.5, 0.6) is 0 Å². The van der Waals surface area contributed by atoms with Crippen LogP contribution in [-0.2, 0) is 0 Å². The highest BCUT2D eigenvalue weighted by atomic mass is 35.5. The fourth-order valence-electron chi connectivity index (χ4n) is 1.89. The van der Waals surface area contributed by atoms with E-state index in [1.807, 2.05) is 30.3 Å². The zero-order chi connectivity index (χ0) is 15.1. The van der Waals surface area contributed by atoms with Crippen LogP contribution in [0.15, 0.2) is 54.6 Å². The van der Waals surface area contributed by atoms with Crippen molar-refractivity contribution in [3.8, 4) is 0 Å². The predicted molar refractivity (Wildman–Crippen MR) is 84.5 cm³/mol. The van der Waals surface area contributed by atoms with E-state index in [1.54, 1.807) is 24.3 Å². The molecule has 1 unspecified atom stereocenters. The van der Waals surface area contributed by atoms with E-state index in [4.69, 9.17) is 11.6 Å². The summed E-state index contributed by atoms with van der Waals surface area (Å²) >= 11 is 5.95. The lowest BCUT2D eigenvalue weighted by Crippen LogP contribution is -2.30. The third-order valence-electron chi connectivity index (χ3n) is 3.01. The number of nitrogens with one attached hydrogen (secondary N) is 2. The Morgan fingerprint density at radius 1 is 1.10 bits per heavy atom. The lowest BCUT2D eigenvalue weighted by molar-refractivity contribution is 0.167. The van der Waals surface area contributed by atoms with Gasteiger partial charge in [-0.05, 0) is 24.1 Å². The molecule has 5 heteroatoms. The number of anilines is 1. The second-order valence-corrected chi connectivity index (χ2v) is 4.98. The summed E-state index contributed by atoms with van der Waals surface area (Å²) in [6.07, 6.45) is -0.147. The van der Waals surface area contributed by atoms with Crippen LogP contribution in [-0.4, -0.2) is 17.7 Å². The molecule has 0 saturated carbocycles. The summed E-state index contributed by atoms with van der Waals surface area (Å²) in [5, 5.41) is 15.8. The number of urea groups is 1. The van der Waals surface area contributed by atoms with E-state index < -0.39 is 6.10 Å². The summed E-state index contributed by atoms with van der Waals surface area (Å²) in [4.78, 5) is 11.7. The molecule has 0 spiro atoms. The van der Waals surface area contributed by atoms with Crippen molar-refractivity contribution in [1.29, 1.82) is 0 Å². The molecule has 4 nitrogen and oxygen atoms in total. The average molecular weight is 305 g/mol. The van der Waals surface area contributed by atoms with E-state index in [2.05, 4.69) is 10.6 Å². The van der Waals surface area contributed by atoms with Gasteiger partial charge in [0.2, 0.25) is 0 Å². The number of para-hydroxylation sites is 1. The Bertz CT molecular complexity index is 590. The molecule has 0 heterocycles. The molecule has 21 heavy (non-hydrogen) atoms. The number of amides is 2. The molecule has 0 aromatic heterocycles. The summed E-state index contributed by atoms with van der Waals surface area (Å²) in [6, 6.07) is 16.0. The number of carbonyl (C=O) groups excluding carboxylic acids is 1. The SMILES string of the molecule is O=C(NCCC(O)c1ccccc1)Nc1ccccc1Cl. The summed E-state index contributed by atoms with van der Waals surface area (Å²) in [5.41, 5.74) is 1.39. The second-order valence-electron chi connectivity index (χ2n) is 4.58. The number of benzene rings is 2. The molecule has 0 radical (unpaired) electrons. The fourth-order valence-corrected chi connectivity index (χ4v) is 2.08. The minimum atomic E-state index is -0.591. The second kappa shape index (κ2) is 7.67. The van der Waals surface area contributed by atoms with E-state index in [-0.39, 0.29) is 6.03 Å². The van der Waals surface area contributed by atoms with Gasteiger partial charge in [-0.3, -0.25) is 0 Å². The maximum Gasteiger partial charge on any atom is 0.319 e. The van der Waals surface area contributed by atoms with Crippen molar-refractivity contribution in [3.63, 3.8) is 0 Å². The Labute approximate surface area is 128 Å². The molecule has 2 aromatic carbocycles. The lowest BCUT2D eigenvalue weighted by atomic mass is 10.1. The van der Waals surface area contributed by atoms with Gasteiger partial charge in [-0.25, -0.2) is 4.79 Å². The lowest BCUT2D eigenvalue weighted by Gasteiger charge is -2.12. The number of carbonyl (C=O) groups is 1. The van der Waals surface area contributed by atoms with E-state index in [1.165, 1.54) is 0 Å². The zero-order valence-electron chi connectivity index (χ0n) is 11.4. The van der Waals surface area contributed by atoms with Crippen molar-refractivity contribution < 1.29 is 9.90 Å². The molecule has 0 aliphatic heterocycles. The molecule has 2 amide bonds. The fraction of sp³-hybridized carbons (Fsp3) is 0.188. The Hall–Kier alpha value is -2.04. The van der Waals surface area contributed by atoms with Crippen molar-refractivity contribution in [2.45, 2.75) is 12.5 Å². The van der Waals surface area contributed by atoms with E-state index >= 15 is 0 Å². The molecule has 0 saturated heterocycles. The minimum Gasteiger partial charge on any atom is -0.388 e. The maximum absolute atomic E-state index is 11.7. The van der Waals surface area contributed by atoms with Crippen LogP contribution in [0.1, 0.15) is 18.1 Å². The van der Waals surface area contributed by atoms with Crippen LogP contribution in [0.2, 0.25) is 5.02 Å². The smallest absolute Gasteiger partial charge is 0.319 e. The number of hydrogen-bond acceptors (Lipinski definition) is 2. The number of hydrogen-bond donors (Lipinski definition) is 3. The Morgan fingerprint density at radius 2 is 1.76 bits per heavy atom. The normalized spacial score (nSPS) is 11.7. The number of aliphatic hydroxyl groups is 1. The van der Waals surface area contributed by atoms with Gasteiger partial charge in [-0.2, -0.15) is 0 Å². The van der Waals surface area contributed by atoms with Crippen LogP contribution in [0.4, 0.5) is 10.5 Å². The largest absolute Gasteiger partial charge is 0.388 e. The topological polar surface area (TPSA) is 61.4 Å². The molecular formula is C16H17ClN2O2. The zero-order valence-corrected chi connectivity index (χ0v) is 12.2. The summed E-state index contributed by atoms with van der Waals surface area (Å²) < 4.78 is 0. The maximum atomic E-state index is 11.7. The van der Waals surface area contributed by atoms with Crippen molar-refractivity contribution in [1.82, 2.24) is 5.32 Å². The first kappa shape index (κ1) is 15.4. The Balaban J connectivity index is 1.76. The van der Waals surface area contributed by atoms with Gasteiger partial charge in [-0.1, -0.05) is 54.1 Å². The summed E-state index contributed by atoms with van der Waals surface area (Å²) in [7, 11) is 0. The molecule has 0 aliphatic carbocycles. The van der Waals surface area contributed by atoms with Crippen molar-refractivity contribution in [2.24, 2.45) is 0 Å². The first-order valence-corrected chi connectivity index (χ1v) is 7.07. The van der Waals surface area contributed by atoms with Crippen molar-refractivity contribution in [2.75, 3.05) is 11.9 Å². The van der Waals surface area contributed by atoms with Gasteiger partial charge in [0.25, 0.3) is 0 Å². The molecule has 0 bridgehead atoms.